The Balaban J connectivity index is 1.47. The Labute approximate surface area is 167 Å². The van der Waals surface area contributed by atoms with Crippen molar-refractivity contribution in [1.82, 2.24) is 10.6 Å². The Morgan fingerprint density at radius 1 is 1.04 bits per heavy atom. The number of benzene rings is 2. The van der Waals surface area contributed by atoms with E-state index in [0.717, 1.165) is 18.4 Å². The lowest BCUT2D eigenvalue weighted by Crippen LogP contribution is -2.33. The fourth-order valence-electron chi connectivity index (χ4n) is 2.46. The van der Waals surface area contributed by atoms with Crippen molar-refractivity contribution in [3.8, 4) is 0 Å². The van der Waals surface area contributed by atoms with Crippen LogP contribution in [0.1, 0.15) is 28.8 Å². The highest BCUT2D eigenvalue weighted by Crippen LogP contribution is 2.22. The molecule has 28 heavy (non-hydrogen) atoms. The number of rotatable bonds is 6. The minimum Gasteiger partial charge on any atom is -0.343 e. The molecule has 0 bridgehead atoms. The molecule has 2 aromatic rings. The molecule has 1 aliphatic rings. The van der Waals surface area contributed by atoms with Crippen molar-refractivity contribution in [1.29, 1.82) is 0 Å². The molecule has 1 fully saturated rings. The molecule has 8 heteroatoms. The Bertz CT molecular complexity index is 895. The second kappa shape index (κ2) is 8.75. The first-order valence-electron chi connectivity index (χ1n) is 8.92. The first-order valence-corrected chi connectivity index (χ1v) is 9.30. The van der Waals surface area contributed by atoms with Crippen LogP contribution in [0.25, 0.3) is 0 Å². The van der Waals surface area contributed by atoms with Gasteiger partial charge in [0.05, 0.1) is 17.3 Å². The number of anilines is 2. The van der Waals surface area contributed by atoms with Gasteiger partial charge in [0.25, 0.3) is 5.91 Å². The first kappa shape index (κ1) is 19.7. The van der Waals surface area contributed by atoms with Gasteiger partial charge < -0.3 is 21.3 Å². The summed E-state index contributed by atoms with van der Waals surface area (Å²) in [6.07, 6.45) is 2.02. The molecule has 4 amide bonds. The predicted molar refractivity (Wildman–Crippen MR) is 109 cm³/mol. The third-order valence-electron chi connectivity index (χ3n) is 4.13. The van der Waals surface area contributed by atoms with E-state index in [9.17, 15) is 14.4 Å². The number of hydrogen-bond acceptors (Lipinski definition) is 3. The molecule has 0 spiro atoms. The van der Waals surface area contributed by atoms with Crippen LogP contribution >= 0.6 is 11.6 Å². The number of halogens is 1. The second-order valence-corrected chi connectivity index (χ2v) is 7.07. The zero-order chi connectivity index (χ0) is 20.1. The SMILES string of the molecule is Cc1ccc(NC(=O)CNC(=O)c2ccc(NC(=O)NC3CC3)cc2)c(Cl)c1. The van der Waals surface area contributed by atoms with Gasteiger partial charge in [-0.25, -0.2) is 4.79 Å². The minimum absolute atomic E-state index is 0.188. The summed E-state index contributed by atoms with van der Waals surface area (Å²) in [7, 11) is 0. The van der Waals surface area contributed by atoms with Crippen LogP contribution < -0.4 is 21.3 Å². The van der Waals surface area contributed by atoms with Crippen molar-refractivity contribution in [2.45, 2.75) is 25.8 Å². The summed E-state index contributed by atoms with van der Waals surface area (Å²) in [6.45, 7) is 1.71. The molecular formula is C20H21ClN4O3. The maximum absolute atomic E-state index is 12.2. The van der Waals surface area contributed by atoms with Gasteiger partial charge in [-0.1, -0.05) is 17.7 Å². The summed E-state index contributed by atoms with van der Waals surface area (Å²) < 4.78 is 0. The summed E-state index contributed by atoms with van der Waals surface area (Å²) in [5.74, 6) is -0.770. The third kappa shape index (κ3) is 5.72. The Kier molecular flexibility index (Phi) is 6.16. The highest BCUT2D eigenvalue weighted by Gasteiger charge is 2.23. The maximum Gasteiger partial charge on any atom is 0.319 e. The van der Waals surface area contributed by atoms with Crippen molar-refractivity contribution in [2.75, 3.05) is 17.2 Å². The standard InChI is InChI=1S/C20H21ClN4O3/c1-12-2-9-17(16(21)10-12)25-18(26)11-22-19(27)13-3-5-14(6-4-13)23-20(28)24-15-7-8-15/h2-6,9-10,15H,7-8,11H2,1H3,(H,22,27)(H,25,26)(H2,23,24,28). The van der Waals surface area contributed by atoms with Crippen LogP contribution in [0.4, 0.5) is 16.2 Å². The van der Waals surface area contributed by atoms with E-state index in [4.69, 9.17) is 11.6 Å². The largest absolute Gasteiger partial charge is 0.343 e. The van der Waals surface area contributed by atoms with Crippen LogP contribution in [-0.4, -0.2) is 30.4 Å². The number of aryl methyl sites for hydroxylation is 1. The molecule has 0 aromatic heterocycles. The fraction of sp³-hybridized carbons (Fsp3) is 0.250. The molecule has 4 N–H and O–H groups in total. The Morgan fingerprint density at radius 3 is 2.39 bits per heavy atom. The highest BCUT2D eigenvalue weighted by atomic mass is 35.5. The van der Waals surface area contributed by atoms with Crippen molar-refractivity contribution >= 4 is 40.8 Å². The van der Waals surface area contributed by atoms with E-state index in [0.29, 0.717) is 22.0 Å². The van der Waals surface area contributed by atoms with Crippen LogP contribution in [0.15, 0.2) is 42.5 Å². The molecule has 146 valence electrons. The van der Waals surface area contributed by atoms with Crippen LogP contribution in [0.5, 0.6) is 0 Å². The van der Waals surface area contributed by atoms with Crippen LogP contribution in [0, 0.1) is 6.92 Å². The highest BCUT2D eigenvalue weighted by molar-refractivity contribution is 6.33. The zero-order valence-electron chi connectivity index (χ0n) is 15.3. The summed E-state index contributed by atoms with van der Waals surface area (Å²) in [5, 5.41) is 11.2. The lowest BCUT2D eigenvalue weighted by Gasteiger charge is -2.10. The topological polar surface area (TPSA) is 99.3 Å². The van der Waals surface area contributed by atoms with Gasteiger partial charge in [0, 0.05) is 17.3 Å². The molecule has 0 unspecified atom stereocenters. The van der Waals surface area contributed by atoms with E-state index >= 15 is 0 Å². The summed E-state index contributed by atoms with van der Waals surface area (Å²) in [5.41, 5.74) is 2.45. The monoisotopic (exact) mass is 400 g/mol. The molecule has 2 aromatic carbocycles. The van der Waals surface area contributed by atoms with Gasteiger partial charge in [-0.15, -0.1) is 0 Å². The van der Waals surface area contributed by atoms with Crippen LogP contribution in [0.2, 0.25) is 5.02 Å². The first-order chi connectivity index (χ1) is 13.4. The number of urea groups is 1. The van der Waals surface area contributed by atoms with Crippen molar-refractivity contribution in [3.63, 3.8) is 0 Å². The summed E-state index contributed by atoms with van der Waals surface area (Å²) in [4.78, 5) is 35.9. The van der Waals surface area contributed by atoms with Crippen molar-refractivity contribution < 1.29 is 14.4 Å². The molecule has 1 saturated carbocycles. The summed E-state index contributed by atoms with van der Waals surface area (Å²) in [6, 6.07) is 11.7. The molecule has 1 aliphatic carbocycles. The number of amides is 4. The Morgan fingerprint density at radius 2 is 1.75 bits per heavy atom. The normalized spacial score (nSPS) is 12.8. The number of carbonyl (C=O) groups is 3. The summed E-state index contributed by atoms with van der Waals surface area (Å²) >= 11 is 6.08. The molecule has 0 radical (unpaired) electrons. The molecule has 0 atom stereocenters. The lowest BCUT2D eigenvalue weighted by atomic mass is 10.2. The average Bonchev–Trinajstić information content (AvgIpc) is 3.46. The third-order valence-corrected chi connectivity index (χ3v) is 4.44. The van der Waals surface area contributed by atoms with E-state index in [-0.39, 0.29) is 30.4 Å². The molecule has 0 aliphatic heterocycles. The quantitative estimate of drug-likeness (QED) is 0.598. The molecule has 0 saturated heterocycles. The van der Waals surface area contributed by atoms with E-state index in [1.54, 1.807) is 36.4 Å². The second-order valence-electron chi connectivity index (χ2n) is 6.66. The predicted octanol–water partition coefficient (Wildman–Crippen LogP) is 3.30. The van der Waals surface area contributed by atoms with Crippen molar-refractivity contribution in [3.05, 3.63) is 58.6 Å². The fourth-order valence-corrected chi connectivity index (χ4v) is 2.75. The van der Waals surface area contributed by atoms with Gasteiger partial charge in [0.1, 0.15) is 0 Å². The van der Waals surface area contributed by atoms with Gasteiger partial charge in [-0.3, -0.25) is 9.59 Å². The van der Waals surface area contributed by atoms with Crippen LogP contribution in [-0.2, 0) is 4.79 Å². The van der Waals surface area contributed by atoms with E-state index in [1.807, 2.05) is 13.0 Å². The average molecular weight is 401 g/mol. The van der Waals surface area contributed by atoms with Gasteiger partial charge in [-0.05, 0) is 61.7 Å². The molecule has 0 heterocycles. The van der Waals surface area contributed by atoms with E-state index in [2.05, 4.69) is 21.3 Å². The molecular weight excluding hydrogens is 380 g/mol. The lowest BCUT2D eigenvalue weighted by molar-refractivity contribution is -0.115. The van der Waals surface area contributed by atoms with Gasteiger partial charge in [-0.2, -0.15) is 0 Å². The van der Waals surface area contributed by atoms with Gasteiger partial charge in [0.2, 0.25) is 5.91 Å². The minimum atomic E-state index is -0.390. The van der Waals surface area contributed by atoms with Crippen molar-refractivity contribution in [2.24, 2.45) is 0 Å². The van der Waals surface area contributed by atoms with Gasteiger partial charge in [0.15, 0.2) is 0 Å². The number of carbonyl (C=O) groups excluding carboxylic acids is 3. The number of nitrogens with one attached hydrogen (secondary N) is 4. The van der Waals surface area contributed by atoms with E-state index < -0.39 is 0 Å². The zero-order valence-corrected chi connectivity index (χ0v) is 16.1. The maximum atomic E-state index is 12.2. The number of hydrogen-bond donors (Lipinski definition) is 4. The molecule has 3 rings (SSSR count). The van der Waals surface area contributed by atoms with Gasteiger partial charge >= 0.3 is 6.03 Å². The van der Waals surface area contributed by atoms with E-state index in [1.165, 1.54) is 0 Å². The molecule has 7 nitrogen and oxygen atoms in total. The Hall–Kier alpha value is -3.06. The smallest absolute Gasteiger partial charge is 0.319 e. The van der Waals surface area contributed by atoms with Crippen LogP contribution in [0.3, 0.4) is 0 Å².